The summed E-state index contributed by atoms with van der Waals surface area (Å²) in [5.74, 6) is 1.45. The number of nitrogens with zero attached hydrogens (tertiary/aromatic N) is 10. The first-order chi connectivity index (χ1) is 19.8. The number of allylic oxidation sites excluding steroid dienone is 1. The molecule has 0 aromatic carbocycles. The third-order valence-electron chi connectivity index (χ3n) is 7.84. The number of rotatable bonds is 11. The van der Waals surface area contributed by atoms with E-state index in [0.717, 1.165) is 66.6 Å². The Morgan fingerprint density at radius 3 is 2.61 bits per heavy atom. The molecular formula is C30H38N10O. The Balaban J connectivity index is 1.30. The van der Waals surface area contributed by atoms with E-state index in [1.807, 2.05) is 31.6 Å². The van der Waals surface area contributed by atoms with Crippen molar-refractivity contribution < 1.29 is 4.74 Å². The highest BCUT2D eigenvalue weighted by Gasteiger charge is 2.44. The molecule has 214 valence electrons. The molecule has 0 saturated carbocycles. The number of hydrogen-bond donors (Lipinski definition) is 0. The van der Waals surface area contributed by atoms with Crippen molar-refractivity contribution in [3.05, 3.63) is 60.5 Å². The molecule has 11 heteroatoms. The molecule has 3 fully saturated rings. The van der Waals surface area contributed by atoms with Gasteiger partial charge >= 0.3 is 0 Å². The third kappa shape index (κ3) is 5.94. The molecule has 41 heavy (non-hydrogen) atoms. The van der Waals surface area contributed by atoms with E-state index in [4.69, 9.17) is 14.7 Å². The van der Waals surface area contributed by atoms with Crippen molar-refractivity contribution in [3.8, 4) is 17.3 Å². The zero-order valence-electron chi connectivity index (χ0n) is 24.5. The highest BCUT2D eigenvalue weighted by molar-refractivity contribution is 5.85. The van der Waals surface area contributed by atoms with E-state index in [0.29, 0.717) is 23.5 Å². The fraction of sp³-hybridized carbons (Fsp3) is 0.433. The predicted molar refractivity (Wildman–Crippen MR) is 162 cm³/mol. The van der Waals surface area contributed by atoms with Crippen molar-refractivity contribution in [2.75, 3.05) is 70.8 Å². The Morgan fingerprint density at radius 2 is 1.98 bits per heavy atom. The SMILES string of the molecule is C=C(C=N/C(=C\C)OC)CN1C2CC1CN(c1cnc(-c3cc(N(C)CCN(C)C)cn4ncc(C#N)c34)cn1)C2. The lowest BCUT2D eigenvalue weighted by Gasteiger charge is -2.56. The predicted octanol–water partition coefficient (Wildman–Crippen LogP) is 3.06. The summed E-state index contributed by atoms with van der Waals surface area (Å²) >= 11 is 0. The van der Waals surface area contributed by atoms with Gasteiger partial charge < -0.3 is 19.4 Å². The lowest BCUT2D eigenvalue weighted by molar-refractivity contribution is 0.00943. The van der Waals surface area contributed by atoms with Crippen molar-refractivity contribution >= 4 is 23.2 Å². The minimum absolute atomic E-state index is 0.447. The second-order valence-electron chi connectivity index (χ2n) is 10.9. The molecule has 2 atom stereocenters. The molecule has 0 radical (unpaired) electrons. The van der Waals surface area contributed by atoms with Crippen LogP contribution in [0.1, 0.15) is 18.9 Å². The second kappa shape index (κ2) is 12.1. The van der Waals surface area contributed by atoms with Gasteiger partial charge in [-0.15, -0.1) is 0 Å². The van der Waals surface area contributed by atoms with Crippen molar-refractivity contribution in [3.63, 3.8) is 0 Å². The van der Waals surface area contributed by atoms with Gasteiger partial charge in [-0.1, -0.05) is 6.58 Å². The largest absolute Gasteiger partial charge is 0.481 e. The Labute approximate surface area is 241 Å². The number of piperidine rings is 1. The van der Waals surface area contributed by atoms with Crippen LogP contribution >= 0.6 is 0 Å². The molecule has 0 amide bonds. The molecule has 11 nitrogen and oxygen atoms in total. The summed E-state index contributed by atoms with van der Waals surface area (Å²) in [7, 11) is 7.80. The van der Waals surface area contributed by atoms with Crippen LogP contribution in [0.25, 0.3) is 16.8 Å². The Hall–Kier alpha value is -4.27. The fourth-order valence-electron chi connectivity index (χ4n) is 5.50. The van der Waals surface area contributed by atoms with E-state index in [1.165, 1.54) is 6.42 Å². The number of piperazine rings is 1. The lowest BCUT2D eigenvalue weighted by atomic mass is 9.87. The van der Waals surface area contributed by atoms with Gasteiger partial charge in [0.15, 0.2) is 0 Å². The maximum absolute atomic E-state index is 9.73. The minimum atomic E-state index is 0.447. The first-order valence-corrected chi connectivity index (χ1v) is 13.8. The smallest absolute Gasteiger partial charge is 0.208 e. The second-order valence-corrected chi connectivity index (χ2v) is 10.9. The van der Waals surface area contributed by atoms with E-state index in [1.54, 1.807) is 24.0 Å². The quantitative estimate of drug-likeness (QED) is 0.261. The summed E-state index contributed by atoms with van der Waals surface area (Å²) in [5, 5.41) is 14.2. The van der Waals surface area contributed by atoms with Crippen LogP contribution < -0.4 is 9.80 Å². The molecule has 6 rings (SSSR count). The number of fused-ring (bicyclic) bond motifs is 3. The molecule has 3 saturated heterocycles. The van der Waals surface area contributed by atoms with Gasteiger partial charge in [0.25, 0.3) is 0 Å². The molecule has 0 spiro atoms. The monoisotopic (exact) mass is 554 g/mol. The zero-order valence-corrected chi connectivity index (χ0v) is 24.5. The molecule has 3 aliphatic rings. The van der Waals surface area contributed by atoms with Crippen LogP contribution in [0, 0.1) is 11.3 Å². The first kappa shape index (κ1) is 28.3. The van der Waals surface area contributed by atoms with Crippen LogP contribution in [0.15, 0.2) is 60.0 Å². The molecule has 0 N–H and O–H groups in total. The Bertz CT molecular complexity index is 1490. The molecule has 3 aliphatic heterocycles. The van der Waals surface area contributed by atoms with Gasteiger partial charge in [-0.25, -0.2) is 14.5 Å². The first-order valence-electron chi connectivity index (χ1n) is 13.8. The topological polar surface area (TPSA) is 101 Å². The average molecular weight is 555 g/mol. The van der Waals surface area contributed by atoms with Crippen molar-refractivity contribution in [2.45, 2.75) is 25.4 Å². The Morgan fingerprint density at radius 1 is 1.20 bits per heavy atom. The normalized spacial score (nSPS) is 19.0. The molecule has 3 aromatic heterocycles. The third-order valence-corrected chi connectivity index (χ3v) is 7.84. The highest BCUT2D eigenvalue weighted by atomic mass is 16.5. The van der Waals surface area contributed by atoms with Gasteiger partial charge in [0, 0.05) is 63.6 Å². The van der Waals surface area contributed by atoms with Crippen molar-refractivity contribution in [2.24, 2.45) is 4.99 Å². The summed E-state index contributed by atoms with van der Waals surface area (Å²) in [6.07, 6.45) is 12.0. The van der Waals surface area contributed by atoms with E-state index < -0.39 is 0 Å². The maximum atomic E-state index is 9.73. The molecule has 2 bridgehead atoms. The van der Waals surface area contributed by atoms with Crippen LogP contribution in [0.3, 0.4) is 0 Å². The standard InChI is InChI=1S/C30H38N10O/c1-7-29(41-6)34-13-21(2)17-39-24-10-25(39)19-38(18-24)28-16-32-27(15-33-28)26-11-23(37(5)9-8-36(3)4)20-40-30(26)22(12-31)14-35-40/h7,11,13-16,20,24-25H,2,8-10,17-19H2,1,3-6H3/b29-7+,34-13?. The van der Waals surface area contributed by atoms with Crippen molar-refractivity contribution in [1.29, 1.82) is 5.26 Å². The minimum Gasteiger partial charge on any atom is -0.481 e. The summed E-state index contributed by atoms with van der Waals surface area (Å²) in [6, 6.07) is 5.24. The fourth-order valence-corrected chi connectivity index (χ4v) is 5.50. The lowest BCUT2D eigenvalue weighted by Crippen LogP contribution is -2.69. The number of aromatic nitrogens is 4. The van der Waals surface area contributed by atoms with E-state index in [-0.39, 0.29) is 0 Å². The van der Waals surface area contributed by atoms with Crippen LogP contribution in [0.5, 0.6) is 0 Å². The van der Waals surface area contributed by atoms with E-state index >= 15 is 0 Å². The van der Waals surface area contributed by atoms with Crippen LogP contribution in [-0.2, 0) is 4.74 Å². The Kier molecular flexibility index (Phi) is 8.33. The zero-order chi connectivity index (χ0) is 29.1. The number of likely N-dealkylation sites (N-methyl/N-ethyl adjacent to an activating group) is 2. The van der Waals surface area contributed by atoms with E-state index in [9.17, 15) is 5.26 Å². The number of pyridine rings is 1. The van der Waals surface area contributed by atoms with Crippen LogP contribution in [0.2, 0.25) is 0 Å². The number of nitriles is 1. The number of aliphatic imine (C=N–C) groups is 1. The van der Waals surface area contributed by atoms with Crippen LogP contribution in [-0.4, -0.2) is 109 Å². The number of hydrogen-bond acceptors (Lipinski definition) is 10. The van der Waals surface area contributed by atoms with Gasteiger partial charge in [0.1, 0.15) is 11.9 Å². The summed E-state index contributed by atoms with van der Waals surface area (Å²) < 4.78 is 6.97. The molecule has 3 aromatic rings. The summed E-state index contributed by atoms with van der Waals surface area (Å²) in [4.78, 5) is 23.1. The molecule has 6 heterocycles. The van der Waals surface area contributed by atoms with E-state index in [2.05, 4.69) is 69.5 Å². The summed E-state index contributed by atoms with van der Waals surface area (Å²) in [6.45, 7) is 10.4. The molecule has 2 unspecified atom stereocenters. The van der Waals surface area contributed by atoms with Gasteiger partial charge in [-0.3, -0.25) is 9.88 Å². The van der Waals surface area contributed by atoms with Crippen LogP contribution in [0.4, 0.5) is 11.5 Å². The van der Waals surface area contributed by atoms with Gasteiger partial charge in [0.2, 0.25) is 5.88 Å². The number of methoxy groups -OCH3 is 1. The van der Waals surface area contributed by atoms with Gasteiger partial charge in [0.05, 0.1) is 54.4 Å². The summed E-state index contributed by atoms with van der Waals surface area (Å²) in [5.41, 5.74) is 4.78. The average Bonchev–Trinajstić information content (AvgIpc) is 3.42. The highest BCUT2D eigenvalue weighted by Crippen LogP contribution is 2.35. The van der Waals surface area contributed by atoms with Gasteiger partial charge in [-0.05, 0) is 45.2 Å². The molecular weight excluding hydrogens is 516 g/mol. The number of ether oxygens (including phenoxy) is 1. The number of anilines is 2. The molecule has 0 aliphatic carbocycles. The maximum Gasteiger partial charge on any atom is 0.208 e. The van der Waals surface area contributed by atoms with Gasteiger partial charge in [-0.2, -0.15) is 10.4 Å². The van der Waals surface area contributed by atoms with Crippen molar-refractivity contribution in [1.82, 2.24) is 29.4 Å².